The number of nitrogen functional groups attached to an aromatic ring is 1. The summed E-state index contributed by atoms with van der Waals surface area (Å²) >= 11 is 0. The Morgan fingerprint density at radius 3 is 2.64 bits per heavy atom. The normalized spacial score (nSPS) is 15.4. The summed E-state index contributed by atoms with van der Waals surface area (Å²) in [4.78, 5) is 36.2. The van der Waals surface area contributed by atoms with Crippen molar-refractivity contribution in [2.75, 3.05) is 18.7 Å². The summed E-state index contributed by atoms with van der Waals surface area (Å²) in [5.41, 5.74) is 5.54. The van der Waals surface area contributed by atoms with Crippen molar-refractivity contribution in [1.82, 2.24) is 29.7 Å². The number of anilines is 1. The molecule has 1 unspecified atom stereocenters. The summed E-state index contributed by atoms with van der Waals surface area (Å²) in [7, 11) is -3.61. The largest absolute Gasteiger partial charge is 0.481 e. The van der Waals surface area contributed by atoms with Gasteiger partial charge in [-0.15, -0.1) is 0 Å². The number of carboxylic acid groups (broad SMARTS) is 1. The van der Waals surface area contributed by atoms with Crippen molar-refractivity contribution in [3.8, 4) is 0 Å². The lowest BCUT2D eigenvalue weighted by atomic mass is 10.1. The third-order valence-corrected chi connectivity index (χ3v) is 7.58. The quantitative estimate of drug-likeness (QED) is 0.142. The van der Waals surface area contributed by atoms with Gasteiger partial charge in [0.15, 0.2) is 11.5 Å². The molecule has 2 rings (SSSR count). The third-order valence-electron chi connectivity index (χ3n) is 5.29. The fourth-order valence-electron chi connectivity index (χ4n) is 3.55. The summed E-state index contributed by atoms with van der Waals surface area (Å²) < 4.78 is 26.9. The fourth-order valence-corrected chi connectivity index (χ4v) is 6.02. The maximum absolute atomic E-state index is 13.9. The number of rotatable bonds is 16. The van der Waals surface area contributed by atoms with E-state index in [4.69, 9.17) is 20.3 Å². The molecular formula is C22H38N7O6P. The van der Waals surface area contributed by atoms with Gasteiger partial charge in [-0.05, 0) is 34.1 Å². The van der Waals surface area contributed by atoms with Crippen molar-refractivity contribution < 1.29 is 28.7 Å². The number of nitrogens with zero attached hydrogens (tertiary/aromatic N) is 4. The summed E-state index contributed by atoms with van der Waals surface area (Å²) in [5, 5.41) is 14.8. The average Bonchev–Trinajstić information content (AvgIpc) is 3.18. The van der Waals surface area contributed by atoms with Crippen LogP contribution >= 0.6 is 7.44 Å². The van der Waals surface area contributed by atoms with Crippen LogP contribution in [0.2, 0.25) is 0 Å². The molecule has 2 aromatic heterocycles. The number of aromatic nitrogens is 4. The highest BCUT2D eigenvalue weighted by Gasteiger charge is 2.38. The number of ether oxygens (including phenoxy) is 2. The molecule has 3 atom stereocenters. The molecule has 2 aromatic rings. The van der Waals surface area contributed by atoms with E-state index in [-0.39, 0.29) is 25.2 Å². The minimum atomic E-state index is -3.61. The Morgan fingerprint density at radius 1 is 1.25 bits per heavy atom. The van der Waals surface area contributed by atoms with Crippen LogP contribution in [0.3, 0.4) is 0 Å². The van der Waals surface area contributed by atoms with E-state index < -0.39 is 37.1 Å². The molecule has 0 aliphatic heterocycles. The molecule has 2 heterocycles. The molecule has 0 saturated carbocycles. The lowest BCUT2D eigenvalue weighted by Gasteiger charge is -2.32. The Morgan fingerprint density at radius 2 is 1.97 bits per heavy atom. The van der Waals surface area contributed by atoms with Crippen LogP contribution in [-0.4, -0.2) is 67.2 Å². The zero-order valence-electron chi connectivity index (χ0n) is 21.6. The van der Waals surface area contributed by atoms with E-state index in [1.807, 2.05) is 6.92 Å². The van der Waals surface area contributed by atoms with Crippen molar-refractivity contribution >= 4 is 36.4 Å². The van der Waals surface area contributed by atoms with Crippen LogP contribution in [-0.2, 0) is 30.2 Å². The third kappa shape index (κ3) is 8.81. The van der Waals surface area contributed by atoms with Crippen molar-refractivity contribution in [2.24, 2.45) is 0 Å². The Balaban J connectivity index is 2.10. The molecule has 0 saturated heterocycles. The maximum Gasteiger partial charge on any atom is 0.326 e. The number of nitrogens with one attached hydrogen (secondary N) is 2. The predicted molar refractivity (Wildman–Crippen MR) is 135 cm³/mol. The zero-order valence-corrected chi connectivity index (χ0v) is 22.5. The van der Waals surface area contributed by atoms with E-state index in [9.17, 15) is 14.2 Å². The first-order valence-corrected chi connectivity index (χ1v) is 13.8. The van der Waals surface area contributed by atoms with E-state index in [0.29, 0.717) is 17.7 Å². The maximum atomic E-state index is 13.9. The molecule has 0 bridgehead atoms. The summed E-state index contributed by atoms with van der Waals surface area (Å²) in [6.45, 7) is 9.17. The molecule has 36 heavy (non-hydrogen) atoms. The second-order valence-electron chi connectivity index (χ2n) is 9.38. The van der Waals surface area contributed by atoms with Crippen molar-refractivity contribution in [2.45, 2.75) is 84.5 Å². The van der Waals surface area contributed by atoms with Gasteiger partial charge in [-0.1, -0.05) is 19.8 Å². The van der Waals surface area contributed by atoms with Gasteiger partial charge in [0.1, 0.15) is 23.7 Å². The first-order valence-electron chi connectivity index (χ1n) is 11.9. The van der Waals surface area contributed by atoms with Gasteiger partial charge in [0.2, 0.25) is 7.44 Å². The second-order valence-corrected chi connectivity index (χ2v) is 11.6. The van der Waals surface area contributed by atoms with Crippen LogP contribution in [0.25, 0.3) is 11.2 Å². The summed E-state index contributed by atoms with van der Waals surface area (Å²) in [6.07, 6.45) is 4.59. The van der Waals surface area contributed by atoms with Gasteiger partial charge in [-0.25, -0.2) is 25.1 Å². The molecule has 0 aromatic carbocycles. The average molecular weight is 528 g/mol. The molecular weight excluding hydrogens is 489 g/mol. The molecule has 5 N–H and O–H groups in total. The van der Waals surface area contributed by atoms with Gasteiger partial charge >= 0.3 is 11.9 Å². The van der Waals surface area contributed by atoms with Crippen LogP contribution in [0.1, 0.15) is 60.3 Å². The van der Waals surface area contributed by atoms with Gasteiger partial charge in [-0.2, -0.15) is 0 Å². The Kier molecular flexibility index (Phi) is 10.8. The molecule has 0 radical (unpaired) electrons. The molecule has 14 heteroatoms. The summed E-state index contributed by atoms with van der Waals surface area (Å²) in [6, 6.07) is -0.645. The number of unbranched alkanes of at least 4 members (excludes halogenated alkanes) is 2. The van der Waals surface area contributed by atoms with Gasteiger partial charge < -0.3 is 24.9 Å². The molecule has 0 spiro atoms. The standard InChI is InChI=1S/C22H38N7O6P/c1-6-7-8-9-34-21(32)22(4,5)28-36(33,27-15(2)10-17(30)31)14-35-16(3)11-29-13-26-18-19(23)24-12-25-20(18)29/h12-13,15-16H,6-11,14H2,1-5H3,(H,30,31)(H2,23,24,25)(H2,27,28,33)/t15-,16?,36-/m0/s1. The second kappa shape index (κ2) is 13.1. The number of aliphatic carboxylic acids is 1. The van der Waals surface area contributed by atoms with E-state index >= 15 is 0 Å². The smallest absolute Gasteiger partial charge is 0.326 e. The van der Waals surface area contributed by atoms with Crippen LogP contribution in [0.5, 0.6) is 0 Å². The number of esters is 1. The van der Waals surface area contributed by atoms with Crippen molar-refractivity contribution in [1.29, 1.82) is 0 Å². The zero-order chi connectivity index (χ0) is 26.9. The SMILES string of the molecule is CCCCCOC(=O)C(C)(C)N[P@](=O)(COC(C)Cn1cnc2c(N)ncnc21)N[C@@H](C)CC(=O)O. The minimum absolute atomic E-state index is 0.259. The monoisotopic (exact) mass is 527 g/mol. The molecule has 0 fully saturated rings. The van der Waals surface area contributed by atoms with E-state index in [1.54, 1.807) is 38.6 Å². The van der Waals surface area contributed by atoms with E-state index in [0.717, 1.165) is 19.3 Å². The highest BCUT2D eigenvalue weighted by Crippen LogP contribution is 2.40. The minimum Gasteiger partial charge on any atom is -0.481 e. The molecule has 202 valence electrons. The van der Waals surface area contributed by atoms with Crippen LogP contribution in [0, 0.1) is 0 Å². The molecule has 0 amide bonds. The fraction of sp³-hybridized carbons (Fsp3) is 0.682. The van der Waals surface area contributed by atoms with Gasteiger partial charge in [-0.3, -0.25) is 14.2 Å². The molecule has 0 aliphatic rings. The summed E-state index contributed by atoms with van der Waals surface area (Å²) in [5.74, 6) is -1.33. The molecule has 0 aliphatic carbocycles. The van der Waals surface area contributed by atoms with Gasteiger partial charge in [0.05, 0.1) is 32.0 Å². The van der Waals surface area contributed by atoms with Crippen LogP contribution in [0.15, 0.2) is 12.7 Å². The van der Waals surface area contributed by atoms with Gasteiger partial charge in [0, 0.05) is 6.04 Å². The molecule has 13 nitrogen and oxygen atoms in total. The number of hydrogen-bond donors (Lipinski definition) is 4. The van der Waals surface area contributed by atoms with Crippen molar-refractivity contribution in [3.05, 3.63) is 12.7 Å². The Labute approximate surface area is 211 Å². The predicted octanol–water partition coefficient (Wildman–Crippen LogP) is 2.52. The number of imidazole rings is 1. The Hall–Kier alpha value is -2.60. The number of carboxylic acids is 1. The topological polar surface area (TPSA) is 184 Å². The van der Waals surface area contributed by atoms with Gasteiger partial charge in [0.25, 0.3) is 0 Å². The highest BCUT2D eigenvalue weighted by atomic mass is 31.2. The van der Waals surface area contributed by atoms with Crippen LogP contribution in [0.4, 0.5) is 5.82 Å². The van der Waals surface area contributed by atoms with Crippen LogP contribution < -0.4 is 15.9 Å². The first-order chi connectivity index (χ1) is 16.9. The number of carbonyl (C=O) groups is 2. The number of nitrogens with two attached hydrogens (primary N) is 1. The number of hydrogen-bond acceptors (Lipinski definition) is 9. The van der Waals surface area contributed by atoms with E-state index in [2.05, 4.69) is 25.1 Å². The first kappa shape index (κ1) is 29.6. The van der Waals surface area contributed by atoms with E-state index in [1.165, 1.54) is 6.33 Å². The van der Waals surface area contributed by atoms with Crippen molar-refractivity contribution in [3.63, 3.8) is 0 Å². The number of carbonyl (C=O) groups excluding carboxylic acids is 1. The highest BCUT2D eigenvalue weighted by molar-refractivity contribution is 7.59. The number of fused-ring (bicyclic) bond motifs is 1. The Bertz CT molecular complexity index is 1080. The lowest BCUT2D eigenvalue weighted by molar-refractivity contribution is -0.149. The lowest BCUT2D eigenvalue weighted by Crippen LogP contribution is -2.49.